The third-order valence-corrected chi connectivity index (χ3v) is 2.14. The monoisotopic (exact) mass is 221 g/mol. The predicted octanol–water partition coefficient (Wildman–Crippen LogP) is 0.993. The largest absolute Gasteiger partial charge is 0.495 e. The van der Waals surface area contributed by atoms with Crippen LogP contribution in [0.25, 0.3) is 0 Å². The molecule has 1 aromatic carbocycles. The normalized spacial score (nSPS) is 11.6. The average Bonchev–Trinajstić information content (AvgIpc) is 2.26. The molecule has 5 nitrogen and oxygen atoms in total. The van der Waals surface area contributed by atoms with Crippen molar-refractivity contribution in [1.82, 2.24) is 0 Å². The molecule has 1 unspecified atom stereocenters. The van der Waals surface area contributed by atoms with Crippen LogP contribution < -0.4 is 4.74 Å². The third kappa shape index (κ3) is 2.12. The van der Waals surface area contributed by atoms with Crippen LogP contribution in [0.4, 0.5) is 0 Å². The number of ether oxygens (including phenoxy) is 1. The number of methoxy groups -OCH3 is 1. The molecule has 0 radical (unpaired) electrons. The van der Waals surface area contributed by atoms with Crippen molar-refractivity contribution in [1.29, 1.82) is 5.26 Å². The summed E-state index contributed by atoms with van der Waals surface area (Å²) in [7, 11) is 1.38. The van der Waals surface area contributed by atoms with E-state index in [2.05, 4.69) is 0 Å². The second-order valence-corrected chi connectivity index (χ2v) is 3.28. The predicted molar refractivity (Wildman–Crippen MR) is 55.0 cm³/mol. The molecule has 0 aliphatic rings. The molecule has 0 saturated carbocycles. The molecule has 1 atom stereocenters. The molecule has 0 aromatic heterocycles. The molecule has 0 spiro atoms. The maximum atomic E-state index is 10.7. The standard InChI is InChI=1S/C11H11NO4/c1-6-3-7(10(13)11(14)15)8(5-12)9(4-6)16-2/h3-4,10,13H,1-2H3,(H,14,15). The number of aliphatic hydroxyl groups is 1. The minimum atomic E-state index is -1.72. The van der Waals surface area contributed by atoms with E-state index in [1.54, 1.807) is 13.0 Å². The molecular weight excluding hydrogens is 210 g/mol. The van der Waals surface area contributed by atoms with Crippen LogP contribution in [0.2, 0.25) is 0 Å². The summed E-state index contributed by atoms with van der Waals surface area (Å²) in [6.07, 6.45) is -1.72. The minimum absolute atomic E-state index is 0.0444. The Morgan fingerprint density at radius 2 is 2.19 bits per heavy atom. The second kappa shape index (κ2) is 4.64. The zero-order valence-electron chi connectivity index (χ0n) is 8.89. The van der Waals surface area contributed by atoms with Gasteiger partial charge in [-0.2, -0.15) is 5.26 Å². The number of hydrogen-bond acceptors (Lipinski definition) is 4. The van der Waals surface area contributed by atoms with Gasteiger partial charge in [0.25, 0.3) is 0 Å². The van der Waals surface area contributed by atoms with Gasteiger partial charge in [-0.05, 0) is 18.6 Å². The molecule has 2 N–H and O–H groups in total. The fourth-order valence-electron chi connectivity index (χ4n) is 1.41. The molecule has 0 saturated heterocycles. The molecule has 0 aliphatic carbocycles. The van der Waals surface area contributed by atoms with E-state index in [9.17, 15) is 9.90 Å². The van der Waals surface area contributed by atoms with Gasteiger partial charge in [0.05, 0.1) is 7.11 Å². The molecule has 0 heterocycles. The Morgan fingerprint density at radius 1 is 1.56 bits per heavy atom. The fraction of sp³-hybridized carbons (Fsp3) is 0.273. The number of carboxylic acid groups (broad SMARTS) is 1. The topological polar surface area (TPSA) is 90.6 Å². The number of rotatable bonds is 3. The van der Waals surface area contributed by atoms with Gasteiger partial charge in [0.2, 0.25) is 0 Å². The first kappa shape index (κ1) is 12.0. The molecule has 1 aromatic rings. The molecular formula is C11H11NO4. The number of hydrogen-bond donors (Lipinski definition) is 2. The van der Waals surface area contributed by atoms with Crippen molar-refractivity contribution in [3.8, 4) is 11.8 Å². The number of nitrogens with zero attached hydrogens (tertiary/aromatic N) is 1. The van der Waals surface area contributed by atoms with Gasteiger partial charge in [-0.1, -0.05) is 6.07 Å². The van der Waals surface area contributed by atoms with Gasteiger partial charge >= 0.3 is 5.97 Å². The van der Waals surface area contributed by atoms with Crippen molar-refractivity contribution >= 4 is 5.97 Å². The van der Waals surface area contributed by atoms with E-state index in [4.69, 9.17) is 15.1 Å². The maximum absolute atomic E-state index is 10.7. The van der Waals surface area contributed by atoms with Crippen molar-refractivity contribution in [2.45, 2.75) is 13.0 Å². The Morgan fingerprint density at radius 3 is 2.62 bits per heavy atom. The highest BCUT2D eigenvalue weighted by atomic mass is 16.5. The van der Waals surface area contributed by atoms with Crippen molar-refractivity contribution < 1.29 is 19.7 Å². The first-order valence-electron chi connectivity index (χ1n) is 4.50. The average molecular weight is 221 g/mol. The van der Waals surface area contributed by atoms with Crippen molar-refractivity contribution in [3.05, 3.63) is 28.8 Å². The summed E-state index contributed by atoms with van der Waals surface area (Å²) >= 11 is 0. The van der Waals surface area contributed by atoms with Gasteiger partial charge in [0, 0.05) is 5.56 Å². The van der Waals surface area contributed by atoms with Crippen molar-refractivity contribution in [2.75, 3.05) is 7.11 Å². The zero-order valence-corrected chi connectivity index (χ0v) is 8.89. The second-order valence-electron chi connectivity index (χ2n) is 3.28. The Kier molecular flexibility index (Phi) is 3.48. The quantitative estimate of drug-likeness (QED) is 0.794. The van der Waals surface area contributed by atoms with E-state index in [-0.39, 0.29) is 16.9 Å². The lowest BCUT2D eigenvalue weighted by Gasteiger charge is -2.12. The number of aryl methyl sites for hydroxylation is 1. The molecule has 0 fully saturated rings. The number of nitriles is 1. The van der Waals surface area contributed by atoms with E-state index in [1.807, 2.05) is 6.07 Å². The molecule has 16 heavy (non-hydrogen) atoms. The number of aliphatic hydroxyl groups excluding tert-OH is 1. The van der Waals surface area contributed by atoms with Gasteiger partial charge in [0.1, 0.15) is 17.4 Å². The van der Waals surface area contributed by atoms with Crippen LogP contribution in [-0.2, 0) is 4.79 Å². The number of carbonyl (C=O) groups is 1. The minimum Gasteiger partial charge on any atom is -0.495 e. The van der Waals surface area contributed by atoms with E-state index >= 15 is 0 Å². The van der Waals surface area contributed by atoms with Crippen LogP contribution in [0, 0.1) is 18.3 Å². The summed E-state index contributed by atoms with van der Waals surface area (Å²) in [5.74, 6) is -1.14. The molecule has 84 valence electrons. The highest BCUT2D eigenvalue weighted by molar-refractivity contribution is 5.76. The Hall–Kier alpha value is -2.06. The molecule has 1 rings (SSSR count). The molecule has 5 heteroatoms. The van der Waals surface area contributed by atoms with E-state index in [1.165, 1.54) is 13.2 Å². The lowest BCUT2D eigenvalue weighted by molar-refractivity contribution is -0.146. The van der Waals surface area contributed by atoms with E-state index < -0.39 is 12.1 Å². The molecule has 0 bridgehead atoms. The number of aliphatic carboxylic acids is 1. The van der Waals surface area contributed by atoms with Crippen LogP contribution in [0.15, 0.2) is 12.1 Å². The summed E-state index contributed by atoms with van der Waals surface area (Å²) in [6, 6.07) is 4.90. The van der Waals surface area contributed by atoms with Crippen molar-refractivity contribution in [2.24, 2.45) is 0 Å². The van der Waals surface area contributed by atoms with E-state index in [0.717, 1.165) is 0 Å². The summed E-state index contributed by atoms with van der Waals surface area (Å²) in [6.45, 7) is 1.72. The van der Waals surface area contributed by atoms with Gasteiger partial charge in [-0.3, -0.25) is 0 Å². The fourth-order valence-corrected chi connectivity index (χ4v) is 1.41. The van der Waals surface area contributed by atoms with Crippen LogP contribution in [-0.4, -0.2) is 23.3 Å². The van der Waals surface area contributed by atoms with Crippen LogP contribution in [0.3, 0.4) is 0 Å². The van der Waals surface area contributed by atoms with Crippen LogP contribution >= 0.6 is 0 Å². The molecule has 0 amide bonds. The smallest absolute Gasteiger partial charge is 0.337 e. The number of carboxylic acids is 1. The molecule has 0 aliphatic heterocycles. The summed E-state index contributed by atoms with van der Waals surface area (Å²) < 4.78 is 4.96. The Balaban J connectivity index is 3.43. The van der Waals surface area contributed by atoms with Gasteiger partial charge in [-0.25, -0.2) is 4.79 Å². The van der Waals surface area contributed by atoms with Gasteiger partial charge in [-0.15, -0.1) is 0 Å². The van der Waals surface area contributed by atoms with Gasteiger partial charge < -0.3 is 14.9 Å². The van der Waals surface area contributed by atoms with Crippen LogP contribution in [0.5, 0.6) is 5.75 Å². The summed E-state index contributed by atoms with van der Waals surface area (Å²) in [5.41, 5.74) is 0.806. The zero-order chi connectivity index (χ0) is 12.3. The Bertz CT molecular complexity index is 462. The summed E-state index contributed by atoms with van der Waals surface area (Å²) in [5, 5.41) is 27.1. The van der Waals surface area contributed by atoms with Crippen LogP contribution in [0.1, 0.15) is 22.8 Å². The first-order valence-corrected chi connectivity index (χ1v) is 4.50. The van der Waals surface area contributed by atoms with E-state index in [0.29, 0.717) is 5.56 Å². The summed E-state index contributed by atoms with van der Waals surface area (Å²) in [4.78, 5) is 10.7. The third-order valence-electron chi connectivity index (χ3n) is 2.14. The highest BCUT2D eigenvalue weighted by Gasteiger charge is 2.22. The SMILES string of the molecule is COc1cc(C)cc(C(O)C(=O)O)c1C#N. The lowest BCUT2D eigenvalue weighted by atomic mass is 9.99. The lowest BCUT2D eigenvalue weighted by Crippen LogP contribution is -2.12. The highest BCUT2D eigenvalue weighted by Crippen LogP contribution is 2.28. The maximum Gasteiger partial charge on any atom is 0.337 e. The van der Waals surface area contributed by atoms with Gasteiger partial charge in [0.15, 0.2) is 6.10 Å². The number of benzene rings is 1. The van der Waals surface area contributed by atoms with Crippen molar-refractivity contribution in [3.63, 3.8) is 0 Å². The first-order chi connectivity index (χ1) is 7.51. The Labute approximate surface area is 92.5 Å².